The number of ether oxygens (including phenoxy) is 1. The first-order valence-corrected chi connectivity index (χ1v) is 7.79. The lowest BCUT2D eigenvalue weighted by Crippen LogP contribution is -2.16. The minimum absolute atomic E-state index is 0.0961. The summed E-state index contributed by atoms with van der Waals surface area (Å²) < 4.78 is 6.02. The lowest BCUT2D eigenvalue weighted by atomic mass is 9.81. The van der Waals surface area contributed by atoms with Crippen LogP contribution in [0.2, 0.25) is 0 Å². The topological polar surface area (TPSA) is 35.2 Å². The van der Waals surface area contributed by atoms with Crippen LogP contribution in [0.3, 0.4) is 0 Å². The highest BCUT2D eigenvalue weighted by Gasteiger charge is 2.24. The summed E-state index contributed by atoms with van der Waals surface area (Å²) in [4.78, 5) is 0. The molecule has 2 N–H and O–H groups in total. The molecular formula is C18H31NO. The van der Waals surface area contributed by atoms with E-state index in [2.05, 4.69) is 53.7 Å². The lowest BCUT2D eigenvalue weighted by Gasteiger charge is -2.27. The fraction of sp³-hybridized carbons (Fsp3) is 0.667. The molecule has 20 heavy (non-hydrogen) atoms. The Bertz CT molecular complexity index is 432. The number of nitrogens with two attached hydrogens (primary N) is 1. The van der Waals surface area contributed by atoms with Gasteiger partial charge in [-0.2, -0.15) is 0 Å². The van der Waals surface area contributed by atoms with Crippen LogP contribution in [0.5, 0.6) is 5.75 Å². The zero-order valence-electron chi connectivity index (χ0n) is 14.0. The summed E-state index contributed by atoms with van der Waals surface area (Å²) >= 11 is 0. The standard InChI is InChI=1S/C18H31NO/c1-7-20-17-15(14(3)9-8-10-19)11-13(2)12-16(17)18(4,5)6/h11-12,14H,7-10,19H2,1-6H3. The van der Waals surface area contributed by atoms with Crippen molar-refractivity contribution in [1.29, 1.82) is 0 Å². The molecule has 0 radical (unpaired) electrons. The number of hydrogen-bond donors (Lipinski definition) is 1. The van der Waals surface area contributed by atoms with E-state index in [0.717, 1.165) is 25.1 Å². The van der Waals surface area contributed by atoms with Gasteiger partial charge in [-0.25, -0.2) is 0 Å². The van der Waals surface area contributed by atoms with Crippen LogP contribution in [0.4, 0.5) is 0 Å². The monoisotopic (exact) mass is 277 g/mol. The summed E-state index contributed by atoms with van der Waals surface area (Å²) in [6.07, 6.45) is 2.18. The fourth-order valence-electron chi connectivity index (χ4n) is 2.61. The summed E-state index contributed by atoms with van der Waals surface area (Å²) in [7, 11) is 0. The van der Waals surface area contributed by atoms with Gasteiger partial charge in [-0.3, -0.25) is 0 Å². The van der Waals surface area contributed by atoms with E-state index in [9.17, 15) is 0 Å². The average molecular weight is 277 g/mol. The molecule has 0 bridgehead atoms. The van der Waals surface area contributed by atoms with Gasteiger partial charge in [0, 0.05) is 5.56 Å². The van der Waals surface area contributed by atoms with E-state index >= 15 is 0 Å². The number of benzene rings is 1. The Labute approximate surface area is 124 Å². The Morgan fingerprint density at radius 3 is 2.40 bits per heavy atom. The van der Waals surface area contributed by atoms with Gasteiger partial charge < -0.3 is 10.5 Å². The second-order valence-corrected chi connectivity index (χ2v) is 6.75. The van der Waals surface area contributed by atoms with Crippen LogP contribution in [0.1, 0.15) is 70.1 Å². The zero-order valence-corrected chi connectivity index (χ0v) is 14.0. The Hall–Kier alpha value is -1.02. The van der Waals surface area contributed by atoms with Crippen molar-refractivity contribution in [1.82, 2.24) is 0 Å². The second-order valence-electron chi connectivity index (χ2n) is 6.75. The van der Waals surface area contributed by atoms with Crippen LogP contribution < -0.4 is 10.5 Å². The van der Waals surface area contributed by atoms with E-state index in [1.807, 2.05) is 0 Å². The highest BCUT2D eigenvalue weighted by Crippen LogP contribution is 2.39. The number of hydrogen-bond acceptors (Lipinski definition) is 2. The van der Waals surface area contributed by atoms with Gasteiger partial charge in [0.2, 0.25) is 0 Å². The molecule has 0 spiro atoms. The van der Waals surface area contributed by atoms with Gasteiger partial charge in [0.25, 0.3) is 0 Å². The summed E-state index contributed by atoms with van der Waals surface area (Å²) in [6, 6.07) is 4.55. The molecule has 0 amide bonds. The molecule has 0 aliphatic rings. The molecule has 0 saturated carbocycles. The van der Waals surface area contributed by atoms with Crippen molar-refractivity contribution in [3.63, 3.8) is 0 Å². The summed E-state index contributed by atoms with van der Waals surface area (Å²) in [5.41, 5.74) is 9.71. The lowest BCUT2D eigenvalue weighted by molar-refractivity contribution is 0.323. The van der Waals surface area contributed by atoms with E-state index in [0.29, 0.717) is 12.5 Å². The Balaban J connectivity index is 3.30. The van der Waals surface area contributed by atoms with Crippen molar-refractivity contribution in [2.75, 3.05) is 13.2 Å². The van der Waals surface area contributed by atoms with Crippen LogP contribution in [0.25, 0.3) is 0 Å². The van der Waals surface area contributed by atoms with E-state index < -0.39 is 0 Å². The summed E-state index contributed by atoms with van der Waals surface area (Å²) in [6.45, 7) is 14.7. The summed E-state index contributed by atoms with van der Waals surface area (Å²) in [5.74, 6) is 1.58. The Morgan fingerprint density at radius 2 is 1.90 bits per heavy atom. The van der Waals surface area contributed by atoms with Crippen molar-refractivity contribution in [2.45, 2.75) is 65.7 Å². The van der Waals surface area contributed by atoms with Crippen molar-refractivity contribution >= 4 is 0 Å². The van der Waals surface area contributed by atoms with Crippen molar-refractivity contribution in [2.24, 2.45) is 5.73 Å². The van der Waals surface area contributed by atoms with Gasteiger partial charge in [0.15, 0.2) is 0 Å². The molecule has 1 rings (SSSR count). The van der Waals surface area contributed by atoms with E-state index in [1.54, 1.807) is 0 Å². The third-order valence-electron chi connectivity index (χ3n) is 3.73. The quantitative estimate of drug-likeness (QED) is 0.829. The van der Waals surface area contributed by atoms with Crippen LogP contribution in [0, 0.1) is 6.92 Å². The van der Waals surface area contributed by atoms with E-state index in [1.165, 1.54) is 16.7 Å². The largest absolute Gasteiger partial charge is 0.493 e. The third kappa shape index (κ3) is 4.24. The van der Waals surface area contributed by atoms with Crippen LogP contribution in [-0.4, -0.2) is 13.2 Å². The van der Waals surface area contributed by atoms with Crippen LogP contribution in [0.15, 0.2) is 12.1 Å². The maximum atomic E-state index is 6.02. The Kier molecular flexibility index (Phi) is 6.07. The molecule has 1 aromatic rings. The first kappa shape index (κ1) is 17.0. The third-order valence-corrected chi connectivity index (χ3v) is 3.73. The normalized spacial score (nSPS) is 13.3. The maximum Gasteiger partial charge on any atom is 0.126 e. The van der Waals surface area contributed by atoms with E-state index in [-0.39, 0.29) is 5.41 Å². The maximum absolute atomic E-state index is 6.02. The van der Waals surface area contributed by atoms with Gasteiger partial charge in [-0.05, 0) is 50.1 Å². The predicted molar refractivity (Wildman–Crippen MR) is 87.8 cm³/mol. The zero-order chi connectivity index (χ0) is 15.3. The Morgan fingerprint density at radius 1 is 1.25 bits per heavy atom. The summed E-state index contributed by atoms with van der Waals surface area (Å²) in [5, 5.41) is 0. The minimum Gasteiger partial charge on any atom is -0.493 e. The average Bonchev–Trinajstić information content (AvgIpc) is 2.36. The SMILES string of the molecule is CCOc1c(C(C)CCCN)cc(C)cc1C(C)(C)C. The van der Waals surface area contributed by atoms with E-state index in [4.69, 9.17) is 10.5 Å². The van der Waals surface area contributed by atoms with Crippen molar-refractivity contribution in [3.05, 3.63) is 28.8 Å². The molecule has 0 heterocycles. The molecule has 114 valence electrons. The molecule has 0 aliphatic heterocycles. The van der Waals surface area contributed by atoms with Crippen molar-refractivity contribution in [3.8, 4) is 5.75 Å². The number of aryl methyl sites for hydroxylation is 1. The molecule has 1 unspecified atom stereocenters. The highest BCUT2D eigenvalue weighted by molar-refractivity contribution is 5.49. The highest BCUT2D eigenvalue weighted by atomic mass is 16.5. The molecule has 0 saturated heterocycles. The molecule has 0 fully saturated rings. The molecule has 0 aromatic heterocycles. The second kappa shape index (κ2) is 7.12. The van der Waals surface area contributed by atoms with Gasteiger partial charge in [-0.1, -0.05) is 45.4 Å². The molecule has 0 aliphatic carbocycles. The first-order chi connectivity index (χ1) is 9.31. The van der Waals surface area contributed by atoms with Gasteiger partial charge in [0.1, 0.15) is 5.75 Å². The molecule has 1 aromatic carbocycles. The smallest absolute Gasteiger partial charge is 0.126 e. The van der Waals surface area contributed by atoms with Crippen LogP contribution in [-0.2, 0) is 5.41 Å². The van der Waals surface area contributed by atoms with Crippen LogP contribution >= 0.6 is 0 Å². The van der Waals surface area contributed by atoms with Gasteiger partial charge >= 0.3 is 0 Å². The predicted octanol–water partition coefficient (Wildman–Crippen LogP) is 4.53. The van der Waals surface area contributed by atoms with Gasteiger partial charge in [0.05, 0.1) is 6.61 Å². The van der Waals surface area contributed by atoms with Crippen molar-refractivity contribution < 1.29 is 4.74 Å². The first-order valence-electron chi connectivity index (χ1n) is 7.79. The minimum atomic E-state index is 0.0961. The molecule has 1 atom stereocenters. The molecular weight excluding hydrogens is 246 g/mol. The fourth-order valence-corrected chi connectivity index (χ4v) is 2.61. The van der Waals surface area contributed by atoms with Gasteiger partial charge in [-0.15, -0.1) is 0 Å². The number of rotatable bonds is 6. The molecule has 2 nitrogen and oxygen atoms in total. The molecule has 2 heteroatoms.